The first-order chi connectivity index (χ1) is 8.28. The van der Waals surface area contributed by atoms with Gasteiger partial charge >= 0.3 is 0 Å². The molecule has 5 heteroatoms. The largest absolute Gasteiger partial charge is 0.335 e. The number of amidine groups is 1. The molecule has 0 fully saturated rings. The van der Waals surface area contributed by atoms with E-state index in [1.807, 2.05) is 43.5 Å². The Morgan fingerprint density at radius 3 is 2.71 bits per heavy atom. The Kier molecular flexibility index (Phi) is 3.82. The van der Waals surface area contributed by atoms with E-state index in [-0.39, 0.29) is 0 Å². The minimum absolute atomic E-state index is 0.621. The molecule has 0 saturated heterocycles. The summed E-state index contributed by atoms with van der Waals surface area (Å²) in [5.74, 6) is 0.621. The maximum absolute atomic E-state index is 4.40. The van der Waals surface area contributed by atoms with Crippen LogP contribution in [-0.2, 0) is 0 Å². The maximum Gasteiger partial charge on any atom is 0.229 e. The second kappa shape index (κ2) is 5.54. The number of hydrogen-bond acceptors (Lipinski definition) is 3. The minimum Gasteiger partial charge on any atom is -0.335 e. The zero-order valence-electron chi connectivity index (χ0n) is 9.77. The lowest BCUT2D eigenvalue weighted by molar-refractivity contribution is 1.21. The molecule has 4 nitrogen and oxygen atoms in total. The van der Waals surface area contributed by atoms with Gasteiger partial charge in [0.15, 0.2) is 5.17 Å². The topological polar surface area (TPSA) is 53.1 Å². The quantitative estimate of drug-likeness (QED) is 0.632. The van der Waals surface area contributed by atoms with Crippen molar-refractivity contribution in [2.45, 2.75) is 6.92 Å². The van der Waals surface area contributed by atoms with Crippen LogP contribution in [0.25, 0.3) is 0 Å². The van der Waals surface area contributed by atoms with Gasteiger partial charge in [0.05, 0.1) is 0 Å². The number of nitrogens with zero attached hydrogens (tertiary/aromatic N) is 2. The van der Waals surface area contributed by atoms with E-state index >= 15 is 0 Å². The number of rotatable bonds is 2. The third-order valence-corrected chi connectivity index (χ3v) is 2.70. The van der Waals surface area contributed by atoms with Crippen LogP contribution in [0.3, 0.4) is 0 Å². The third-order valence-electron chi connectivity index (χ3n) is 2.12. The number of aromatic amines is 1. The Morgan fingerprint density at radius 2 is 2.12 bits per heavy atom. The summed E-state index contributed by atoms with van der Waals surface area (Å²) in [6, 6.07) is 9.95. The average Bonchev–Trinajstić information content (AvgIpc) is 2.75. The number of thioether (sulfide) groups is 1. The Hall–Kier alpha value is -1.75. The van der Waals surface area contributed by atoms with E-state index in [2.05, 4.69) is 20.3 Å². The van der Waals surface area contributed by atoms with Gasteiger partial charge in [0, 0.05) is 17.6 Å². The molecular weight excluding hydrogens is 232 g/mol. The van der Waals surface area contributed by atoms with Gasteiger partial charge in [0.25, 0.3) is 0 Å². The molecule has 1 heterocycles. The molecule has 2 rings (SSSR count). The zero-order chi connectivity index (χ0) is 12.1. The van der Waals surface area contributed by atoms with Crippen molar-refractivity contribution in [2.75, 3.05) is 11.6 Å². The molecule has 0 aliphatic carbocycles. The van der Waals surface area contributed by atoms with Gasteiger partial charge in [-0.1, -0.05) is 30.0 Å². The summed E-state index contributed by atoms with van der Waals surface area (Å²) in [5, 5.41) is 4.05. The predicted octanol–water partition coefficient (Wildman–Crippen LogP) is 3.18. The molecule has 0 aliphatic heterocycles. The molecule has 2 N–H and O–H groups in total. The fraction of sp³-hybridized carbons (Fsp3) is 0.167. The molecule has 0 radical (unpaired) electrons. The van der Waals surface area contributed by atoms with Crippen LogP contribution in [0, 0.1) is 6.92 Å². The Balaban J connectivity index is 2.14. The summed E-state index contributed by atoms with van der Waals surface area (Å²) in [7, 11) is 0. The van der Waals surface area contributed by atoms with Crippen molar-refractivity contribution in [3.05, 3.63) is 42.2 Å². The summed E-state index contributed by atoms with van der Waals surface area (Å²) < 4.78 is 0. The standard InChI is InChI=1S/C12H14N4S/c1-9-8-13-11(14-9)16-12(17-2)15-10-6-4-3-5-7-10/h3-8H,1-2H3,(H2,13,14,15,16). The summed E-state index contributed by atoms with van der Waals surface area (Å²) in [5.41, 5.74) is 2.02. The molecular formula is C12H14N4S. The van der Waals surface area contributed by atoms with Crippen molar-refractivity contribution in [1.82, 2.24) is 9.97 Å². The zero-order valence-corrected chi connectivity index (χ0v) is 10.6. The molecule has 0 atom stereocenters. The van der Waals surface area contributed by atoms with E-state index in [1.165, 1.54) is 0 Å². The lowest BCUT2D eigenvalue weighted by Crippen LogP contribution is -2.06. The molecule has 0 amide bonds. The number of H-pyrrole nitrogens is 1. The molecule has 1 aromatic heterocycles. The number of nitrogens with one attached hydrogen (secondary N) is 2. The monoisotopic (exact) mass is 246 g/mol. The SMILES string of the molecule is CSC(=Nc1ncc(C)[nH]1)Nc1ccccc1. The Morgan fingerprint density at radius 1 is 1.35 bits per heavy atom. The van der Waals surface area contributed by atoms with Crippen LogP contribution in [0.4, 0.5) is 11.6 Å². The Labute approximate surface area is 105 Å². The van der Waals surface area contributed by atoms with E-state index in [1.54, 1.807) is 18.0 Å². The minimum atomic E-state index is 0.621. The van der Waals surface area contributed by atoms with Crippen LogP contribution < -0.4 is 5.32 Å². The van der Waals surface area contributed by atoms with E-state index in [0.29, 0.717) is 5.95 Å². The van der Waals surface area contributed by atoms with E-state index in [4.69, 9.17) is 0 Å². The lowest BCUT2D eigenvalue weighted by atomic mass is 10.3. The van der Waals surface area contributed by atoms with Crippen molar-refractivity contribution < 1.29 is 0 Å². The molecule has 0 saturated carbocycles. The summed E-state index contributed by atoms with van der Waals surface area (Å²) in [6.45, 7) is 1.95. The number of aryl methyl sites for hydroxylation is 1. The number of aliphatic imine (C=N–C) groups is 1. The summed E-state index contributed by atoms with van der Waals surface area (Å²) in [4.78, 5) is 11.6. The molecule has 1 aromatic carbocycles. The summed E-state index contributed by atoms with van der Waals surface area (Å²) in [6.07, 6.45) is 3.74. The number of anilines is 1. The second-order valence-electron chi connectivity index (χ2n) is 3.50. The third kappa shape index (κ3) is 3.35. The normalized spacial score (nSPS) is 11.5. The number of hydrogen-bond donors (Lipinski definition) is 2. The van der Waals surface area contributed by atoms with Gasteiger partial charge in [-0.05, 0) is 25.3 Å². The van der Waals surface area contributed by atoms with E-state index in [0.717, 1.165) is 16.5 Å². The molecule has 88 valence electrons. The van der Waals surface area contributed by atoms with Crippen molar-refractivity contribution in [2.24, 2.45) is 4.99 Å². The maximum atomic E-state index is 4.40. The van der Waals surface area contributed by atoms with Crippen LogP contribution >= 0.6 is 11.8 Å². The number of benzene rings is 1. The molecule has 0 unspecified atom stereocenters. The predicted molar refractivity (Wildman–Crippen MR) is 74.0 cm³/mol. The van der Waals surface area contributed by atoms with Gasteiger partial charge in [-0.15, -0.1) is 0 Å². The van der Waals surface area contributed by atoms with Crippen molar-refractivity contribution in [3.8, 4) is 0 Å². The van der Waals surface area contributed by atoms with E-state index < -0.39 is 0 Å². The van der Waals surface area contributed by atoms with Crippen LogP contribution in [0.15, 0.2) is 41.5 Å². The first kappa shape index (κ1) is 11.7. The highest BCUT2D eigenvalue weighted by molar-refractivity contribution is 8.13. The highest BCUT2D eigenvalue weighted by Crippen LogP contribution is 2.13. The van der Waals surface area contributed by atoms with Gasteiger partial charge in [-0.3, -0.25) is 0 Å². The molecule has 17 heavy (non-hydrogen) atoms. The van der Waals surface area contributed by atoms with Crippen LogP contribution in [0.2, 0.25) is 0 Å². The fourth-order valence-electron chi connectivity index (χ4n) is 1.32. The van der Waals surface area contributed by atoms with Gasteiger partial charge < -0.3 is 10.3 Å². The van der Waals surface area contributed by atoms with Crippen LogP contribution in [0.1, 0.15) is 5.69 Å². The van der Waals surface area contributed by atoms with Gasteiger partial charge in [0.1, 0.15) is 0 Å². The smallest absolute Gasteiger partial charge is 0.229 e. The second-order valence-corrected chi connectivity index (χ2v) is 4.30. The van der Waals surface area contributed by atoms with Crippen LogP contribution in [-0.4, -0.2) is 21.4 Å². The van der Waals surface area contributed by atoms with Gasteiger partial charge in [0.2, 0.25) is 5.95 Å². The number of imidazole rings is 1. The highest BCUT2D eigenvalue weighted by atomic mass is 32.2. The van der Waals surface area contributed by atoms with Crippen molar-refractivity contribution >= 4 is 28.6 Å². The van der Waals surface area contributed by atoms with Crippen molar-refractivity contribution in [3.63, 3.8) is 0 Å². The first-order valence-electron chi connectivity index (χ1n) is 5.24. The molecule has 0 spiro atoms. The molecule has 0 aliphatic rings. The van der Waals surface area contributed by atoms with E-state index in [9.17, 15) is 0 Å². The molecule has 2 aromatic rings. The van der Waals surface area contributed by atoms with Gasteiger partial charge in [-0.25, -0.2) is 4.98 Å². The average molecular weight is 246 g/mol. The number of aromatic nitrogens is 2. The van der Waals surface area contributed by atoms with Crippen molar-refractivity contribution in [1.29, 1.82) is 0 Å². The fourth-order valence-corrected chi connectivity index (χ4v) is 1.72. The van der Waals surface area contributed by atoms with Gasteiger partial charge in [-0.2, -0.15) is 4.99 Å². The highest BCUT2D eigenvalue weighted by Gasteiger charge is 2.00. The van der Waals surface area contributed by atoms with Crippen LogP contribution in [0.5, 0.6) is 0 Å². The molecule has 0 bridgehead atoms. The lowest BCUT2D eigenvalue weighted by Gasteiger charge is -2.05. The Bertz CT molecular complexity index is 504. The summed E-state index contributed by atoms with van der Waals surface area (Å²) >= 11 is 1.55. The first-order valence-corrected chi connectivity index (χ1v) is 6.47. The number of para-hydroxylation sites is 1.